The van der Waals surface area contributed by atoms with E-state index < -0.39 is 29.7 Å². The topological polar surface area (TPSA) is 69.6 Å². The van der Waals surface area contributed by atoms with Crippen LogP contribution in [0.4, 0.5) is 19.3 Å². The van der Waals surface area contributed by atoms with Crippen molar-refractivity contribution in [2.24, 2.45) is 0 Å². The van der Waals surface area contributed by atoms with Gasteiger partial charge in [0.05, 0.1) is 11.1 Å². The molecule has 1 aromatic carbocycles. The molecule has 2 N–H and O–H groups in total. The zero-order chi connectivity index (χ0) is 14.9. The number of aliphatic carboxylic acids is 1. The number of rotatable bonds is 2. The Balaban J connectivity index is 2.16. The van der Waals surface area contributed by atoms with E-state index in [1.807, 2.05) is 0 Å². The predicted octanol–water partition coefficient (Wildman–Crippen LogP) is 2.34. The second kappa shape index (κ2) is 5.66. The molecule has 8 heteroatoms. The number of thioether (sulfide) groups is 1. The van der Waals surface area contributed by atoms with E-state index in [1.54, 1.807) is 6.92 Å². The van der Waals surface area contributed by atoms with E-state index in [9.17, 15) is 18.4 Å². The van der Waals surface area contributed by atoms with Gasteiger partial charge in [-0.25, -0.2) is 18.4 Å². The van der Waals surface area contributed by atoms with E-state index in [0.717, 1.165) is 17.0 Å². The number of hydrogen-bond donors (Lipinski definition) is 2. The van der Waals surface area contributed by atoms with Gasteiger partial charge in [0, 0.05) is 11.8 Å². The smallest absolute Gasteiger partial charge is 0.327 e. The molecule has 5 nitrogen and oxygen atoms in total. The Kier molecular flexibility index (Phi) is 4.12. The van der Waals surface area contributed by atoms with E-state index in [-0.39, 0.29) is 16.8 Å². The maximum Gasteiger partial charge on any atom is 0.327 e. The van der Waals surface area contributed by atoms with E-state index in [2.05, 4.69) is 5.32 Å². The SMILES string of the molecule is CC1SCC(C(=O)O)N1C(=O)Nc1ccc(F)cc1F. The van der Waals surface area contributed by atoms with Crippen LogP contribution in [-0.2, 0) is 4.79 Å². The number of urea groups is 1. The molecule has 1 heterocycles. The van der Waals surface area contributed by atoms with Gasteiger partial charge in [-0.3, -0.25) is 4.90 Å². The molecule has 1 fully saturated rings. The predicted molar refractivity (Wildman–Crippen MR) is 70.6 cm³/mol. The first-order valence-corrected chi connectivity index (χ1v) is 6.84. The lowest BCUT2D eigenvalue weighted by Crippen LogP contribution is -2.46. The summed E-state index contributed by atoms with van der Waals surface area (Å²) < 4.78 is 26.2. The molecule has 2 atom stereocenters. The minimum absolute atomic E-state index is 0.190. The summed E-state index contributed by atoms with van der Waals surface area (Å²) >= 11 is 1.32. The van der Waals surface area contributed by atoms with Gasteiger partial charge < -0.3 is 10.4 Å². The third-order valence-corrected chi connectivity index (χ3v) is 4.13. The molecule has 2 rings (SSSR count). The highest BCUT2D eigenvalue weighted by Crippen LogP contribution is 2.29. The molecule has 0 spiro atoms. The second-order valence-corrected chi connectivity index (χ2v) is 5.60. The van der Waals surface area contributed by atoms with Crippen molar-refractivity contribution in [1.82, 2.24) is 4.90 Å². The number of carboxylic acid groups (broad SMARTS) is 1. The molecule has 2 amide bonds. The lowest BCUT2D eigenvalue weighted by Gasteiger charge is -2.25. The molecule has 1 aromatic rings. The number of anilines is 1. The highest BCUT2D eigenvalue weighted by molar-refractivity contribution is 8.00. The van der Waals surface area contributed by atoms with Gasteiger partial charge in [0.2, 0.25) is 0 Å². The Hall–Kier alpha value is -1.83. The Bertz CT molecular complexity index is 556. The summed E-state index contributed by atoms with van der Waals surface area (Å²) in [5, 5.41) is 11.0. The Labute approximate surface area is 117 Å². The van der Waals surface area contributed by atoms with Crippen LogP contribution in [-0.4, -0.2) is 39.2 Å². The van der Waals surface area contributed by atoms with Crippen molar-refractivity contribution in [3.8, 4) is 0 Å². The molecule has 1 aliphatic rings. The van der Waals surface area contributed by atoms with E-state index in [1.165, 1.54) is 11.8 Å². The normalized spacial score (nSPS) is 21.9. The average Bonchev–Trinajstić information content (AvgIpc) is 2.75. The van der Waals surface area contributed by atoms with Gasteiger partial charge in [-0.1, -0.05) is 0 Å². The number of halogens is 2. The molecular formula is C12H12F2N2O3S. The first-order chi connectivity index (χ1) is 9.40. The summed E-state index contributed by atoms with van der Waals surface area (Å²) in [6, 6.07) is 1.06. The van der Waals surface area contributed by atoms with E-state index in [0.29, 0.717) is 6.07 Å². The summed E-state index contributed by atoms with van der Waals surface area (Å²) in [5.74, 6) is -2.51. The maximum absolute atomic E-state index is 13.5. The summed E-state index contributed by atoms with van der Waals surface area (Å²) in [7, 11) is 0. The molecule has 1 saturated heterocycles. The fourth-order valence-corrected chi connectivity index (χ4v) is 3.08. The largest absolute Gasteiger partial charge is 0.480 e. The maximum atomic E-state index is 13.5. The molecule has 108 valence electrons. The van der Waals surface area contributed by atoms with Crippen LogP contribution in [0.15, 0.2) is 18.2 Å². The van der Waals surface area contributed by atoms with Crippen LogP contribution in [0.5, 0.6) is 0 Å². The summed E-state index contributed by atoms with van der Waals surface area (Å²) in [6.07, 6.45) is 0. The zero-order valence-electron chi connectivity index (χ0n) is 10.5. The number of nitrogens with one attached hydrogen (secondary N) is 1. The van der Waals surface area contributed by atoms with Crippen LogP contribution in [0.1, 0.15) is 6.92 Å². The zero-order valence-corrected chi connectivity index (χ0v) is 11.3. The summed E-state index contributed by atoms with van der Waals surface area (Å²) in [4.78, 5) is 24.3. The van der Waals surface area contributed by atoms with Gasteiger partial charge in [0.15, 0.2) is 0 Å². The number of benzene rings is 1. The Morgan fingerprint density at radius 2 is 2.15 bits per heavy atom. The van der Waals surface area contributed by atoms with Crippen molar-refractivity contribution in [2.75, 3.05) is 11.1 Å². The lowest BCUT2D eigenvalue weighted by molar-refractivity contribution is -0.141. The minimum atomic E-state index is -1.11. The molecule has 0 saturated carbocycles. The van der Waals surface area contributed by atoms with Crippen LogP contribution in [0.3, 0.4) is 0 Å². The van der Waals surface area contributed by atoms with Crippen LogP contribution in [0.2, 0.25) is 0 Å². The van der Waals surface area contributed by atoms with Crippen molar-refractivity contribution in [1.29, 1.82) is 0 Å². The van der Waals surface area contributed by atoms with Gasteiger partial charge in [0.25, 0.3) is 0 Å². The van der Waals surface area contributed by atoms with Crippen molar-refractivity contribution in [3.63, 3.8) is 0 Å². The highest BCUT2D eigenvalue weighted by Gasteiger charge is 2.39. The fourth-order valence-electron chi connectivity index (χ4n) is 1.91. The lowest BCUT2D eigenvalue weighted by atomic mass is 10.3. The number of carboxylic acids is 1. The Morgan fingerprint density at radius 1 is 1.45 bits per heavy atom. The van der Waals surface area contributed by atoms with Crippen molar-refractivity contribution in [3.05, 3.63) is 29.8 Å². The first-order valence-electron chi connectivity index (χ1n) is 5.79. The molecular weight excluding hydrogens is 290 g/mol. The van der Waals surface area contributed by atoms with Crippen LogP contribution in [0, 0.1) is 11.6 Å². The molecule has 0 bridgehead atoms. The molecule has 0 radical (unpaired) electrons. The van der Waals surface area contributed by atoms with Crippen LogP contribution < -0.4 is 5.32 Å². The second-order valence-electron chi connectivity index (χ2n) is 4.25. The average molecular weight is 302 g/mol. The first kappa shape index (κ1) is 14.6. The fraction of sp³-hybridized carbons (Fsp3) is 0.333. The highest BCUT2D eigenvalue weighted by atomic mass is 32.2. The van der Waals surface area contributed by atoms with Crippen LogP contribution in [0.25, 0.3) is 0 Å². The molecule has 0 aliphatic carbocycles. The summed E-state index contributed by atoms with van der Waals surface area (Å²) in [5.41, 5.74) is -0.190. The number of carbonyl (C=O) groups is 2. The van der Waals surface area contributed by atoms with Gasteiger partial charge >= 0.3 is 12.0 Å². The number of hydrogen-bond acceptors (Lipinski definition) is 3. The van der Waals surface area contributed by atoms with Gasteiger partial charge in [-0.2, -0.15) is 0 Å². The van der Waals surface area contributed by atoms with E-state index >= 15 is 0 Å². The molecule has 20 heavy (non-hydrogen) atoms. The molecule has 2 unspecified atom stereocenters. The van der Waals surface area contributed by atoms with Crippen LogP contribution >= 0.6 is 11.8 Å². The van der Waals surface area contributed by atoms with Crippen molar-refractivity contribution in [2.45, 2.75) is 18.3 Å². The third kappa shape index (κ3) is 2.84. The number of amides is 2. The molecule has 1 aliphatic heterocycles. The quantitative estimate of drug-likeness (QED) is 0.880. The number of carbonyl (C=O) groups excluding carboxylic acids is 1. The monoisotopic (exact) mass is 302 g/mol. The van der Waals surface area contributed by atoms with Crippen molar-refractivity contribution >= 4 is 29.4 Å². The van der Waals surface area contributed by atoms with Gasteiger partial charge in [0.1, 0.15) is 17.7 Å². The van der Waals surface area contributed by atoms with Gasteiger partial charge in [-0.05, 0) is 19.1 Å². The number of nitrogens with zero attached hydrogens (tertiary/aromatic N) is 1. The summed E-state index contributed by atoms with van der Waals surface area (Å²) in [6.45, 7) is 1.69. The van der Waals surface area contributed by atoms with E-state index in [4.69, 9.17) is 5.11 Å². The molecule has 0 aromatic heterocycles. The third-order valence-electron chi connectivity index (χ3n) is 2.92. The van der Waals surface area contributed by atoms with Gasteiger partial charge in [-0.15, -0.1) is 11.8 Å². The minimum Gasteiger partial charge on any atom is -0.480 e. The standard InChI is InChI=1S/C12H12F2N2O3S/c1-6-16(10(5-20-6)11(17)18)12(19)15-9-3-2-7(13)4-8(9)14/h2-4,6,10H,5H2,1H3,(H,15,19)(H,17,18). The van der Waals surface area contributed by atoms with Crippen molar-refractivity contribution < 1.29 is 23.5 Å². The Morgan fingerprint density at radius 3 is 2.75 bits per heavy atom.